The summed E-state index contributed by atoms with van der Waals surface area (Å²) in [5, 5.41) is 5.64. The van der Waals surface area contributed by atoms with Crippen LogP contribution < -0.4 is 5.32 Å². The zero-order valence-corrected chi connectivity index (χ0v) is 9.86. The SMILES string of the molecule is CNC(CCc1cccs1)C1(C)CC1. The van der Waals surface area contributed by atoms with Crippen molar-refractivity contribution >= 4 is 11.3 Å². The van der Waals surface area contributed by atoms with Crippen LogP contribution in [0.25, 0.3) is 0 Å². The van der Waals surface area contributed by atoms with Crippen LogP contribution in [0.5, 0.6) is 0 Å². The summed E-state index contributed by atoms with van der Waals surface area (Å²) in [6, 6.07) is 5.10. The lowest BCUT2D eigenvalue weighted by atomic mass is 9.94. The molecule has 0 aliphatic heterocycles. The maximum atomic E-state index is 3.47. The van der Waals surface area contributed by atoms with Crippen molar-refractivity contribution in [1.82, 2.24) is 5.32 Å². The van der Waals surface area contributed by atoms with E-state index in [0.717, 1.165) is 0 Å². The molecule has 2 heteroatoms. The molecule has 0 bridgehead atoms. The molecule has 0 spiro atoms. The molecular weight excluding hydrogens is 190 g/mol. The van der Waals surface area contributed by atoms with Gasteiger partial charge in [-0.2, -0.15) is 0 Å². The van der Waals surface area contributed by atoms with Gasteiger partial charge in [0.2, 0.25) is 0 Å². The van der Waals surface area contributed by atoms with Crippen LogP contribution in [0.3, 0.4) is 0 Å². The molecule has 2 rings (SSSR count). The average Bonchev–Trinajstić information content (AvgIpc) is 2.73. The van der Waals surface area contributed by atoms with Gasteiger partial charge in [0.05, 0.1) is 0 Å². The van der Waals surface area contributed by atoms with Gasteiger partial charge in [-0.15, -0.1) is 11.3 Å². The summed E-state index contributed by atoms with van der Waals surface area (Å²) in [5.41, 5.74) is 0.603. The first-order valence-corrected chi connectivity index (χ1v) is 6.32. The van der Waals surface area contributed by atoms with Gasteiger partial charge in [-0.1, -0.05) is 13.0 Å². The first kappa shape index (κ1) is 10.2. The predicted molar refractivity (Wildman–Crippen MR) is 62.8 cm³/mol. The third-order valence-corrected chi connectivity index (χ3v) is 4.42. The van der Waals surface area contributed by atoms with Gasteiger partial charge >= 0.3 is 0 Å². The Morgan fingerprint density at radius 1 is 1.57 bits per heavy atom. The first-order valence-electron chi connectivity index (χ1n) is 5.44. The lowest BCUT2D eigenvalue weighted by Gasteiger charge is -2.22. The molecule has 1 saturated carbocycles. The number of nitrogens with one attached hydrogen (secondary N) is 1. The Bertz CT molecular complexity index is 275. The van der Waals surface area contributed by atoms with E-state index in [1.807, 2.05) is 11.3 Å². The van der Waals surface area contributed by atoms with E-state index in [1.165, 1.54) is 30.6 Å². The Labute approximate surface area is 90.5 Å². The summed E-state index contributed by atoms with van der Waals surface area (Å²) < 4.78 is 0. The second kappa shape index (κ2) is 4.03. The fraction of sp³-hybridized carbons (Fsp3) is 0.667. The summed E-state index contributed by atoms with van der Waals surface area (Å²) in [5.74, 6) is 0. The van der Waals surface area contributed by atoms with Gasteiger partial charge < -0.3 is 5.32 Å². The van der Waals surface area contributed by atoms with Crippen molar-refractivity contribution in [1.29, 1.82) is 0 Å². The van der Waals surface area contributed by atoms with Crippen LogP contribution in [0, 0.1) is 5.41 Å². The van der Waals surface area contributed by atoms with E-state index in [2.05, 4.69) is 36.8 Å². The largest absolute Gasteiger partial charge is 0.316 e. The lowest BCUT2D eigenvalue weighted by Crippen LogP contribution is -2.33. The topological polar surface area (TPSA) is 12.0 Å². The van der Waals surface area contributed by atoms with Crippen LogP contribution in [0.4, 0.5) is 0 Å². The van der Waals surface area contributed by atoms with E-state index in [4.69, 9.17) is 0 Å². The number of hydrogen-bond donors (Lipinski definition) is 1. The second-order valence-corrected chi connectivity index (χ2v) is 5.65. The third kappa shape index (κ3) is 2.18. The standard InChI is InChI=1S/C12H19NS/c1-12(7-8-12)11(13-2)6-5-10-4-3-9-14-10/h3-4,9,11,13H,5-8H2,1-2H3. The molecule has 0 radical (unpaired) electrons. The van der Waals surface area contributed by atoms with Crippen LogP contribution in [0.15, 0.2) is 17.5 Å². The minimum absolute atomic E-state index is 0.603. The molecule has 1 aromatic rings. The summed E-state index contributed by atoms with van der Waals surface area (Å²) in [7, 11) is 2.10. The fourth-order valence-corrected chi connectivity index (χ4v) is 2.85. The number of aryl methyl sites for hydroxylation is 1. The van der Waals surface area contributed by atoms with Crippen LogP contribution in [-0.4, -0.2) is 13.1 Å². The lowest BCUT2D eigenvalue weighted by molar-refractivity contribution is 0.358. The highest BCUT2D eigenvalue weighted by molar-refractivity contribution is 7.09. The van der Waals surface area contributed by atoms with Crippen molar-refractivity contribution in [3.8, 4) is 0 Å². The van der Waals surface area contributed by atoms with Crippen LogP contribution in [-0.2, 0) is 6.42 Å². The zero-order valence-electron chi connectivity index (χ0n) is 9.05. The van der Waals surface area contributed by atoms with Gasteiger partial charge in [0.15, 0.2) is 0 Å². The normalized spacial score (nSPS) is 20.7. The first-order chi connectivity index (χ1) is 6.74. The molecule has 1 atom stereocenters. The minimum Gasteiger partial charge on any atom is -0.316 e. The smallest absolute Gasteiger partial charge is 0.0121 e. The molecule has 0 saturated heterocycles. The molecular formula is C12H19NS. The maximum absolute atomic E-state index is 3.47. The quantitative estimate of drug-likeness (QED) is 0.786. The summed E-state index contributed by atoms with van der Waals surface area (Å²) in [6.07, 6.45) is 5.33. The molecule has 1 aliphatic rings. The highest BCUT2D eigenvalue weighted by atomic mass is 32.1. The third-order valence-electron chi connectivity index (χ3n) is 3.49. The van der Waals surface area contributed by atoms with Gasteiger partial charge in [0.1, 0.15) is 0 Å². The summed E-state index contributed by atoms with van der Waals surface area (Å²) in [4.78, 5) is 1.52. The van der Waals surface area contributed by atoms with Gasteiger partial charge in [-0.3, -0.25) is 0 Å². The Balaban J connectivity index is 1.84. The predicted octanol–water partition coefficient (Wildman–Crippen LogP) is 3.07. The van der Waals surface area contributed by atoms with Crippen molar-refractivity contribution in [3.05, 3.63) is 22.4 Å². The Morgan fingerprint density at radius 2 is 2.36 bits per heavy atom. The van der Waals surface area contributed by atoms with Crippen LogP contribution in [0.2, 0.25) is 0 Å². The summed E-state index contributed by atoms with van der Waals surface area (Å²) >= 11 is 1.88. The van der Waals surface area contributed by atoms with E-state index in [1.54, 1.807) is 0 Å². The van der Waals surface area contributed by atoms with Crippen LogP contribution >= 0.6 is 11.3 Å². The fourth-order valence-electron chi connectivity index (χ4n) is 2.13. The minimum atomic E-state index is 0.603. The monoisotopic (exact) mass is 209 g/mol. The van der Waals surface area contributed by atoms with Gasteiger partial charge in [0, 0.05) is 10.9 Å². The Hall–Kier alpha value is -0.340. The molecule has 1 fully saturated rings. The average molecular weight is 209 g/mol. The number of rotatable bonds is 5. The number of thiophene rings is 1. The van der Waals surface area contributed by atoms with Crippen LogP contribution in [0.1, 0.15) is 31.1 Å². The molecule has 1 aliphatic carbocycles. The Kier molecular flexibility index (Phi) is 2.93. The van der Waals surface area contributed by atoms with E-state index in [0.29, 0.717) is 11.5 Å². The van der Waals surface area contributed by atoms with Gasteiger partial charge in [-0.05, 0) is 49.6 Å². The Morgan fingerprint density at radius 3 is 2.86 bits per heavy atom. The van der Waals surface area contributed by atoms with Gasteiger partial charge in [0.25, 0.3) is 0 Å². The molecule has 1 nitrogen and oxygen atoms in total. The second-order valence-electron chi connectivity index (χ2n) is 4.61. The molecule has 1 heterocycles. The molecule has 1 unspecified atom stereocenters. The van der Waals surface area contributed by atoms with Crippen molar-refractivity contribution in [2.45, 2.75) is 38.6 Å². The highest BCUT2D eigenvalue weighted by Crippen LogP contribution is 2.49. The number of hydrogen-bond acceptors (Lipinski definition) is 2. The molecule has 0 amide bonds. The molecule has 78 valence electrons. The molecule has 1 aromatic heterocycles. The molecule has 1 N–H and O–H groups in total. The highest BCUT2D eigenvalue weighted by Gasteiger charge is 2.43. The van der Waals surface area contributed by atoms with Crippen molar-refractivity contribution in [3.63, 3.8) is 0 Å². The van der Waals surface area contributed by atoms with E-state index >= 15 is 0 Å². The van der Waals surface area contributed by atoms with E-state index in [9.17, 15) is 0 Å². The van der Waals surface area contributed by atoms with E-state index in [-0.39, 0.29) is 0 Å². The van der Waals surface area contributed by atoms with Crippen molar-refractivity contribution in [2.24, 2.45) is 5.41 Å². The summed E-state index contributed by atoms with van der Waals surface area (Å²) in [6.45, 7) is 2.41. The van der Waals surface area contributed by atoms with E-state index < -0.39 is 0 Å². The zero-order chi connectivity index (χ0) is 10.0. The van der Waals surface area contributed by atoms with Gasteiger partial charge in [-0.25, -0.2) is 0 Å². The molecule has 14 heavy (non-hydrogen) atoms. The van der Waals surface area contributed by atoms with Crippen molar-refractivity contribution < 1.29 is 0 Å². The van der Waals surface area contributed by atoms with Crippen molar-refractivity contribution in [2.75, 3.05) is 7.05 Å². The molecule has 0 aromatic carbocycles. The maximum Gasteiger partial charge on any atom is 0.0121 e.